The quantitative estimate of drug-likeness (QED) is 0.788. The van der Waals surface area contributed by atoms with Crippen LogP contribution in [0.25, 0.3) is 6.08 Å². The second kappa shape index (κ2) is 8.28. The van der Waals surface area contributed by atoms with Crippen LogP contribution in [0.3, 0.4) is 0 Å². The van der Waals surface area contributed by atoms with Crippen molar-refractivity contribution in [3.8, 4) is 6.07 Å². The van der Waals surface area contributed by atoms with Gasteiger partial charge in [0.15, 0.2) is 0 Å². The van der Waals surface area contributed by atoms with E-state index in [1.54, 1.807) is 42.5 Å². The molecular weight excluding hydrogens is 374 g/mol. The van der Waals surface area contributed by atoms with Crippen molar-refractivity contribution in [2.75, 3.05) is 16.6 Å². The number of nitrogens with zero attached hydrogens (tertiary/aromatic N) is 2. The predicted octanol–water partition coefficient (Wildman–Crippen LogP) is 2.99. The van der Waals surface area contributed by atoms with E-state index in [9.17, 15) is 13.2 Å². The molecule has 1 unspecified atom stereocenters. The molecule has 0 saturated carbocycles. The Balaban J connectivity index is 1.60. The Kier molecular flexibility index (Phi) is 5.81. The highest BCUT2D eigenvalue weighted by molar-refractivity contribution is 7.93. The number of hydrogen-bond acceptors (Lipinski definition) is 4. The van der Waals surface area contributed by atoms with Gasteiger partial charge in [-0.25, -0.2) is 8.42 Å². The Hall–Kier alpha value is -3.11. The van der Waals surface area contributed by atoms with Crippen LogP contribution in [-0.4, -0.2) is 26.6 Å². The highest BCUT2D eigenvalue weighted by Gasteiger charge is 2.28. The zero-order chi connectivity index (χ0) is 20.1. The third-order valence-corrected chi connectivity index (χ3v) is 6.48. The molecule has 0 spiro atoms. The fourth-order valence-corrected chi connectivity index (χ4v) is 4.61. The summed E-state index contributed by atoms with van der Waals surface area (Å²) in [5, 5.41) is 11.7. The molecule has 0 bridgehead atoms. The van der Waals surface area contributed by atoms with Crippen LogP contribution in [0.2, 0.25) is 0 Å². The molecule has 2 aromatic rings. The van der Waals surface area contributed by atoms with Crippen LogP contribution in [0.1, 0.15) is 36.1 Å². The van der Waals surface area contributed by atoms with E-state index in [2.05, 4.69) is 11.4 Å². The minimum Gasteiger partial charge on any atom is -0.346 e. The van der Waals surface area contributed by atoms with Crippen LogP contribution >= 0.6 is 0 Å². The lowest BCUT2D eigenvalue weighted by Crippen LogP contribution is -2.25. The molecule has 1 N–H and O–H groups in total. The van der Waals surface area contributed by atoms with Crippen LogP contribution in [0.15, 0.2) is 54.6 Å². The van der Waals surface area contributed by atoms with Crippen LogP contribution < -0.4 is 9.62 Å². The van der Waals surface area contributed by atoms with Gasteiger partial charge in [0.25, 0.3) is 0 Å². The van der Waals surface area contributed by atoms with Crippen molar-refractivity contribution >= 4 is 27.7 Å². The van der Waals surface area contributed by atoms with Crippen molar-refractivity contribution in [1.29, 1.82) is 5.26 Å². The minimum atomic E-state index is -3.19. The smallest absolute Gasteiger partial charge is 0.244 e. The van der Waals surface area contributed by atoms with Crippen LogP contribution in [0.5, 0.6) is 0 Å². The Morgan fingerprint density at radius 2 is 1.86 bits per heavy atom. The molecule has 1 aliphatic rings. The number of carbonyl (C=O) groups is 1. The number of carbonyl (C=O) groups excluding carboxylic acids is 1. The summed E-state index contributed by atoms with van der Waals surface area (Å²) in [6.45, 7) is 2.38. The van der Waals surface area contributed by atoms with Gasteiger partial charge in [0.2, 0.25) is 15.9 Å². The largest absolute Gasteiger partial charge is 0.346 e. The monoisotopic (exact) mass is 395 g/mol. The number of anilines is 1. The molecule has 1 heterocycles. The van der Waals surface area contributed by atoms with Gasteiger partial charge in [0.1, 0.15) is 0 Å². The first kappa shape index (κ1) is 19.6. The first-order chi connectivity index (χ1) is 13.4. The Labute approximate surface area is 165 Å². The van der Waals surface area contributed by atoms with E-state index in [1.165, 1.54) is 10.4 Å². The predicted molar refractivity (Wildman–Crippen MR) is 109 cm³/mol. The SMILES string of the molecule is CC(NC(=O)/C=C/c1ccc(N2CCCS2(=O)=O)cc1)c1ccc(C#N)cc1. The molecule has 3 rings (SSSR count). The summed E-state index contributed by atoms with van der Waals surface area (Å²) < 4.78 is 25.3. The van der Waals surface area contributed by atoms with Crippen molar-refractivity contribution in [2.24, 2.45) is 0 Å². The fourth-order valence-electron chi connectivity index (χ4n) is 3.04. The molecule has 1 saturated heterocycles. The van der Waals surface area contributed by atoms with Gasteiger partial charge in [-0.15, -0.1) is 0 Å². The van der Waals surface area contributed by atoms with Gasteiger partial charge >= 0.3 is 0 Å². The van der Waals surface area contributed by atoms with Crippen LogP contribution in [0.4, 0.5) is 5.69 Å². The lowest BCUT2D eigenvalue weighted by Gasteiger charge is -2.16. The number of benzene rings is 2. The van der Waals surface area contributed by atoms with E-state index in [1.807, 2.05) is 19.1 Å². The van der Waals surface area contributed by atoms with Gasteiger partial charge in [0.05, 0.1) is 29.1 Å². The summed E-state index contributed by atoms with van der Waals surface area (Å²) in [7, 11) is -3.19. The van der Waals surface area contributed by atoms with Crippen molar-refractivity contribution in [2.45, 2.75) is 19.4 Å². The first-order valence-electron chi connectivity index (χ1n) is 8.98. The van der Waals surface area contributed by atoms with Crippen LogP contribution in [-0.2, 0) is 14.8 Å². The van der Waals surface area contributed by atoms with Gasteiger partial charge in [-0.2, -0.15) is 5.26 Å². The number of rotatable bonds is 5. The lowest BCUT2D eigenvalue weighted by molar-refractivity contribution is -0.117. The lowest BCUT2D eigenvalue weighted by atomic mass is 10.1. The van der Waals surface area contributed by atoms with Crippen molar-refractivity contribution < 1.29 is 13.2 Å². The van der Waals surface area contributed by atoms with E-state index < -0.39 is 10.0 Å². The fraction of sp³-hybridized carbons (Fsp3) is 0.238. The third-order valence-electron chi connectivity index (χ3n) is 4.61. The summed E-state index contributed by atoms with van der Waals surface area (Å²) >= 11 is 0. The van der Waals surface area contributed by atoms with Gasteiger partial charge < -0.3 is 5.32 Å². The molecule has 1 aliphatic heterocycles. The summed E-state index contributed by atoms with van der Waals surface area (Å²) in [6.07, 6.45) is 3.77. The summed E-state index contributed by atoms with van der Waals surface area (Å²) in [5.74, 6) is -0.0465. The van der Waals surface area contributed by atoms with Gasteiger partial charge in [0, 0.05) is 12.6 Å². The Morgan fingerprint density at radius 3 is 2.43 bits per heavy atom. The molecule has 2 aromatic carbocycles. The second-order valence-electron chi connectivity index (χ2n) is 6.63. The van der Waals surface area contributed by atoms with Gasteiger partial charge in [-0.3, -0.25) is 9.10 Å². The molecular formula is C21H21N3O3S. The van der Waals surface area contributed by atoms with Crippen molar-refractivity contribution in [3.05, 3.63) is 71.3 Å². The number of sulfonamides is 1. The van der Waals surface area contributed by atoms with Crippen molar-refractivity contribution in [3.63, 3.8) is 0 Å². The van der Waals surface area contributed by atoms with E-state index in [0.717, 1.165) is 11.1 Å². The van der Waals surface area contributed by atoms with Gasteiger partial charge in [-0.05, 0) is 54.8 Å². The topological polar surface area (TPSA) is 90.3 Å². The molecule has 7 heteroatoms. The average Bonchev–Trinajstić information content (AvgIpc) is 3.06. The molecule has 144 valence electrons. The average molecular weight is 395 g/mol. The minimum absolute atomic E-state index is 0.187. The number of nitriles is 1. The van der Waals surface area contributed by atoms with E-state index >= 15 is 0 Å². The maximum Gasteiger partial charge on any atom is 0.244 e. The molecule has 0 aliphatic carbocycles. The maximum atomic E-state index is 12.1. The molecule has 28 heavy (non-hydrogen) atoms. The van der Waals surface area contributed by atoms with Crippen molar-refractivity contribution in [1.82, 2.24) is 5.32 Å². The number of amides is 1. The van der Waals surface area contributed by atoms with E-state index in [0.29, 0.717) is 24.2 Å². The Bertz CT molecular complexity index is 1020. The molecule has 0 aromatic heterocycles. The normalized spacial score (nSPS) is 16.6. The number of hydrogen-bond donors (Lipinski definition) is 1. The second-order valence-corrected chi connectivity index (χ2v) is 8.64. The summed E-state index contributed by atoms with van der Waals surface area (Å²) in [4.78, 5) is 12.1. The summed E-state index contributed by atoms with van der Waals surface area (Å²) in [5.41, 5.74) is 2.94. The van der Waals surface area contributed by atoms with Crippen LogP contribution in [0, 0.1) is 11.3 Å². The molecule has 1 atom stereocenters. The molecule has 1 amide bonds. The molecule has 0 radical (unpaired) electrons. The Morgan fingerprint density at radius 1 is 1.18 bits per heavy atom. The zero-order valence-electron chi connectivity index (χ0n) is 15.5. The van der Waals surface area contributed by atoms with E-state index in [4.69, 9.17) is 5.26 Å². The summed E-state index contributed by atoms with van der Waals surface area (Å²) in [6, 6.07) is 16.0. The van der Waals surface area contributed by atoms with E-state index in [-0.39, 0.29) is 17.7 Å². The first-order valence-corrected chi connectivity index (χ1v) is 10.6. The zero-order valence-corrected chi connectivity index (χ0v) is 16.3. The maximum absolute atomic E-state index is 12.1. The number of nitrogens with one attached hydrogen (secondary N) is 1. The third kappa shape index (κ3) is 4.59. The molecule has 1 fully saturated rings. The molecule has 6 nitrogen and oxygen atoms in total. The standard InChI is InChI=1S/C21H21N3O3S/c1-16(19-8-3-18(15-22)4-9-19)23-21(25)12-7-17-5-10-20(11-6-17)24-13-2-14-28(24,26)27/h3-12,16H,2,13-14H2,1H3,(H,23,25)/b12-7+. The highest BCUT2D eigenvalue weighted by atomic mass is 32.2. The highest BCUT2D eigenvalue weighted by Crippen LogP contribution is 2.24. The van der Waals surface area contributed by atoms with Gasteiger partial charge in [-0.1, -0.05) is 24.3 Å².